The first kappa shape index (κ1) is 9.21. The van der Waals surface area contributed by atoms with Gasteiger partial charge in [-0.2, -0.15) is 0 Å². The molecule has 4 nitrogen and oxygen atoms in total. The third-order valence-electron chi connectivity index (χ3n) is 2.29. The van der Waals surface area contributed by atoms with Crippen LogP contribution in [-0.4, -0.2) is 20.5 Å². The van der Waals surface area contributed by atoms with Gasteiger partial charge >= 0.3 is 5.97 Å². The number of hydrogen-bond acceptors (Lipinski definition) is 3. The Hall–Kier alpha value is -1.36. The van der Waals surface area contributed by atoms with Crippen LogP contribution in [0.25, 0.3) is 4.96 Å². The first-order valence-electron chi connectivity index (χ1n) is 4.26. The van der Waals surface area contributed by atoms with Crippen molar-refractivity contribution < 1.29 is 9.90 Å². The van der Waals surface area contributed by atoms with Crippen LogP contribution in [0, 0.1) is 6.92 Å². The average molecular weight is 210 g/mol. The molecular formula is C9H10N2O2S. The minimum absolute atomic E-state index is 0.457. The number of aryl methyl sites for hydroxylation is 1. The van der Waals surface area contributed by atoms with Gasteiger partial charge < -0.3 is 5.11 Å². The summed E-state index contributed by atoms with van der Waals surface area (Å²) < 4.78 is 1.92. The highest BCUT2D eigenvalue weighted by Crippen LogP contribution is 2.28. The van der Waals surface area contributed by atoms with Gasteiger partial charge in [0.05, 0.1) is 5.92 Å². The van der Waals surface area contributed by atoms with E-state index in [1.807, 2.05) is 17.5 Å². The van der Waals surface area contributed by atoms with Crippen LogP contribution in [0.2, 0.25) is 0 Å². The smallest absolute Gasteiger partial charge is 0.311 e. The number of nitrogens with zero attached hydrogens (tertiary/aromatic N) is 2. The minimum atomic E-state index is -0.794. The Morgan fingerprint density at radius 2 is 2.43 bits per heavy atom. The lowest BCUT2D eigenvalue weighted by atomic mass is 10.1. The van der Waals surface area contributed by atoms with Crippen molar-refractivity contribution >= 4 is 22.3 Å². The first-order chi connectivity index (χ1) is 6.61. The second-order valence-corrected chi connectivity index (χ2v) is 4.20. The second-order valence-electron chi connectivity index (χ2n) is 3.19. The number of carbonyl (C=O) groups is 1. The van der Waals surface area contributed by atoms with Gasteiger partial charge in [0.15, 0.2) is 4.96 Å². The third-order valence-corrected chi connectivity index (χ3v) is 3.64. The van der Waals surface area contributed by atoms with Crippen molar-refractivity contribution in [3.05, 3.63) is 23.0 Å². The van der Waals surface area contributed by atoms with Crippen molar-refractivity contribution in [3.63, 3.8) is 0 Å². The average Bonchev–Trinajstić information content (AvgIpc) is 2.68. The molecule has 2 aromatic heterocycles. The Morgan fingerprint density at radius 3 is 3.00 bits per heavy atom. The molecule has 0 radical (unpaired) electrons. The van der Waals surface area contributed by atoms with Crippen molar-refractivity contribution in [3.8, 4) is 0 Å². The van der Waals surface area contributed by atoms with E-state index < -0.39 is 11.9 Å². The quantitative estimate of drug-likeness (QED) is 0.823. The number of aliphatic carboxylic acids is 1. The van der Waals surface area contributed by atoms with Crippen molar-refractivity contribution in [1.29, 1.82) is 0 Å². The van der Waals surface area contributed by atoms with Crippen molar-refractivity contribution in [2.45, 2.75) is 19.8 Å². The molecule has 0 bridgehead atoms. The molecule has 2 rings (SSSR count). The van der Waals surface area contributed by atoms with Gasteiger partial charge in [-0.15, -0.1) is 11.3 Å². The largest absolute Gasteiger partial charge is 0.481 e. The molecule has 0 saturated heterocycles. The van der Waals surface area contributed by atoms with Gasteiger partial charge in [-0.3, -0.25) is 9.20 Å². The zero-order valence-electron chi connectivity index (χ0n) is 7.89. The summed E-state index contributed by atoms with van der Waals surface area (Å²) in [5.41, 5.74) is 0.970. The summed E-state index contributed by atoms with van der Waals surface area (Å²) >= 11 is 1.44. The number of fused-ring (bicyclic) bond motifs is 1. The maximum Gasteiger partial charge on any atom is 0.311 e. The van der Waals surface area contributed by atoms with E-state index in [2.05, 4.69) is 4.98 Å². The molecule has 5 heteroatoms. The Labute approximate surface area is 84.8 Å². The molecule has 1 atom stereocenters. The molecule has 0 aliphatic rings. The highest BCUT2D eigenvalue weighted by Gasteiger charge is 2.20. The van der Waals surface area contributed by atoms with E-state index in [1.54, 1.807) is 13.1 Å². The van der Waals surface area contributed by atoms with Crippen LogP contribution in [0.3, 0.4) is 0 Å². The third kappa shape index (κ3) is 1.21. The molecule has 2 heterocycles. The number of hydrogen-bond donors (Lipinski definition) is 1. The summed E-state index contributed by atoms with van der Waals surface area (Å²) in [6.07, 6.45) is 3.56. The number of imidazole rings is 1. The van der Waals surface area contributed by atoms with Gasteiger partial charge in [-0.25, -0.2) is 4.98 Å². The van der Waals surface area contributed by atoms with Crippen LogP contribution in [0.15, 0.2) is 12.4 Å². The van der Waals surface area contributed by atoms with E-state index in [-0.39, 0.29) is 0 Å². The summed E-state index contributed by atoms with van der Waals surface area (Å²) in [5, 5.41) is 8.90. The molecule has 0 aromatic carbocycles. The fourth-order valence-electron chi connectivity index (χ4n) is 1.43. The highest BCUT2D eigenvalue weighted by molar-refractivity contribution is 7.17. The van der Waals surface area contributed by atoms with Gasteiger partial charge in [-0.1, -0.05) is 0 Å². The van der Waals surface area contributed by atoms with Crippen LogP contribution in [-0.2, 0) is 4.79 Å². The molecule has 0 saturated carbocycles. The Morgan fingerprint density at radius 1 is 1.71 bits per heavy atom. The molecule has 74 valence electrons. The fraction of sp³-hybridized carbons (Fsp3) is 0.333. The van der Waals surface area contributed by atoms with Gasteiger partial charge in [-0.05, 0) is 13.8 Å². The minimum Gasteiger partial charge on any atom is -0.481 e. The number of thiazole rings is 1. The zero-order valence-corrected chi connectivity index (χ0v) is 8.71. The van der Waals surface area contributed by atoms with Gasteiger partial charge in [0.2, 0.25) is 0 Å². The number of rotatable bonds is 2. The summed E-state index contributed by atoms with van der Waals surface area (Å²) in [7, 11) is 0. The van der Waals surface area contributed by atoms with Crippen LogP contribution in [0.1, 0.15) is 23.4 Å². The maximum absolute atomic E-state index is 10.8. The molecular weight excluding hydrogens is 200 g/mol. The van der Waals surface area contributed by atoms with Crippen molar-refractivity contribution in [2.75, 3.05) is 0 Å². The monoisotopic (exact) mass is 210 g/mol. The van der Waals surface area contributed by atoms with Crippen LogP contribution < -0.4 is 0 Å². The Bertz CT molecular complexity index is 486. The van der Waals surface area contributed by atoms with E-state index >= 15 is 0 Å². The first-order valence-corrected chi connectivity index (χ1v) is 5.08. The standard InChI is InChI=1S/C9H10N2O2S/c1-5(8(12)13)7-6(2)11-4-3-10-9(11)14-7/h3-5H,1-2H3,(H,12,13). The lowest BCUT2D eigenvalue weighted by Crippen LogP contribution is -2.07. The normalized spacial score (nSPS) is 13.3. The summed E-state index contributed by atoms with van der Waals surface area (Å²) in [6.45, 7) is 3.61. The van der Waals surface area contributed by atoms with E-state index in [0.29, 0.717) is 0 Å². The van der Waals surface area contributed by atoms with Gasteiger partial charge in [0.1, 0.15) is 0 Å². The van der Waals surface area contributed by atoms with Crippen LogP contribution in [0.5, 0.6) is 0 Å². The van der Waals surface area contributed by atoms with Gasteiger partial charge in [0.25, 0.3) is 0 Å². The van der Waals surface area contributed by atoms with E-state index in [0.717, 1.165) is 15.5 Å². The topological polar surface area (TPSA) is 54.6 Å². The number of carboxylic acids is 1. The summed E-state index contributed by atoms with van der Waals surface area (Å²) in [4.78, 5) is 16.7. The number of carboxylic acid groups (broad SMARTS) is 1. The fourth-order valence-corrected chi connectivity index (χ4v) is 2.56. The molecule has 1 unspecified atom stereocenters. The van der Waals surface area contributed by atoms with Crippen LogP contribution >= 0.6 is 11.3 Å². The maximum atomic E-state index is 10.8. The van der Waals surface area contributed by atoms with Crippen molar-refractivity contribution in [1.82, 2.24) is 9.38 Å². The highest BCUT2D eigenvalue weighted by atomic mass is 32.1. The molecule has 0 aliphatic carbocycles. The summed E-state index contributed by atoms with van der Waals surface area (Å²) in [5.74, 6) is -1.25. The molecule has 0 spiro atoms. The Balaban J connectivity index is 2.57. The number of aromatic nitrogens is 2. The zero-order chi connectivity index (χ0) is 10.3. The van der Waals surface area contributed by atoms with E-state index in [9.17, 15) is 4.79 Å². The lowest BCUT2D eigenvalue weighted by molar-refractivity contribution is -0.138. The molecule has 0 fully saturated rings. The lowest BCUT2D eigenvalue weighted by Gasteiger charge is -2.03. The van der Waals surface area contributed by atoms with Gasteiger partial charge in [0, 0.05) is 23.0 Å². The second kappa shape index (κ2) is 3.09. The van der Waals surface area contributed by atoms with E-state index in [4.69, 9.17) is 5.11 Å². The van der Waals surface area contributed by atoms with E-state index in [1.165, 1.54) is 11.3 Å². The SMILES string of the molecule is Cc1c(C(C)C(=O)O)sc2nccn12. The Kier molecular flexibility index (Phi) is 2.03. The van der Waals surface area contributed by atoms with Crippen LogP contribution in [0.4, 0.5) is 0 Å². The van der Waals surface area contributed by atoms with Crippen molar-refractivity contribution in [2.24, 2.45) is 0 Å². The molecule has 2 aromatic rings. The molecule has 14 heavy (non-hydrogen) atoms. The molecule has 0 amide bonds. The predicted molar refractivity (Wildman–Crippen MR) is 53.9 cm³/mol. The molecule has 0 aliphatic heterocycles. The summed E-state index contributed by atoms with van der Waals surface area (Å²) in [6, 6.07) is 0. The predicted octanol–water partition coefficient (Wildman–Crippen LogP) is 1.89. The molecule has 1 N–H and O–H groups in total.